The summed E-state index contributed by atoms with van der Waals surface area (Å²) in [5.74, 6) is 0.896. The Kier molecular flexibility index (Phi) is 6.44. The van der Waals surface area contributed by atoms with Gasteiger partial charge in [0.05, 0.1) is 24.9 Å². The predicted molar refractivity (Wildman–Crippen MR) is 129 cm³/mol. The van der Waals surface area contributed by atoms with E-state index in [1.807, 2.05) is 36.1 Å². The Hall–Kier alpha value is -3.84. The molecule has 1 amide bonds. The van der Waals surface area contributed by atoms with Crippen molar-refractivity contribution < 1.29 is 14.3 Å². The van der Waals surface area contributed by atoms with Crippen LogP contribution >= 0.6 is 0 Å². The van der Waals surface area contributed by atoms with Gasteiger partial charge in [-0.2, -0.15) is 0 Å². The first-order chi connectivity index (χ1) is 16.7. The fourth-order valence-corrected chi connectivity index (χ4v) is 4.21. The van der Waals surface area contributed by atoms with Crippen molar-refractivity contribution in [1.29, 1.82) is 0 Å². The molecule has 0 bridgehead atoms. The SMILES string of the molecule is Cc1ccc(Oc2ncccc2C(=O)N2CCOC[C@@H](Cc3ccc4ncccc4c3)C2)cn1. The summed E-state index contributed by atoms with van der Waals surface area (Å²) >= 11 is 0. The van der Waals surface area contributed by atoms with Gasteiger partial charge >= 0.3 is 0 Å². The van der Waals surface area contributed by atoms with E-state index in [0.717, 1.165) is 23.0 Å². The molecule has 172 valence electrons. The zero-order valence-corrected chi connectivity index (χ0v) is 19.1. The monoisotopic (exact) mass is 454 g/mol. The van der Waals surface area contributed by atoms with E-state index in [1.165, 1.54) is 5.56 Å². The van der Waals surface area contributed by atoms with Gasteiger partial charge < -0.3 is 14.4 Å². The largest absolute Gasteiger partial charge is 0.437 e. The highest BCUT2D eigenvalue weighted by atomic mass is 16.5. The van der Waals surface area contributed by atoms with Crippen molar-refractivity contribution in [2.24, 2.45) is 5.92 Å². The zero-order valence-electron chi connectivity index (χ0n) is 19.1. The van der Waals surface area contributed by atoms with Crippen LogP contribution in [0, 0.1) is 12.8 Å². The number of carbonyl (C=O) groups excluding carboxylic acids is 1. The third kappa shape index (κ3) is 5.05. The van der Waals surface area contributed by atoms with Gasteiger partial charge in [0.15, 0.2) is 0 Å². The van der Waals surface area contributed by atoms with Crippen LogP contribution in [0.3, 0.4) is 0 Å². The Morgan fingerprint density at radius 3 is 2.85 bits per heavy atom. The Morgan fingerprint density at radius 2 is 1.97 bits per heavy atom. The highest BCUT2D eigenvalue weighted by molar-refractivity contribution is 5.96. The number of rotatable bonds is 5. The maximum atomic E-state index is 13.5. The number of aryl methyl sites for hydroxylation is 1. The van der Waals surface area contributed by atoms with Gasteiger partial charge in [0, 0.05) is 42.5 Å². The van der Waals surface area contributed by atoms with Gasteiger partial charge in [-0.25, -0.2) is 4.98 Å². The van der Waals surface area contributed by atoms with Crippen LogP contribution in [0.4, 0.5) is 0 Å². The van der Waals surface area contributed by atoms with Crippen molar-refractivity contribution in [3.8, 4) is 11.6 Å². The molecule has 4 heterocycles. The highest BCUT2D eigenvalue weighted by Crippen LogP contribution is 2.25. The molecule has 1 atom stereocenters. The Morgan fingerprint density at radius 1 is 1.09 bits per heavy atom. The van der Waals surface area contributed by atoms with E-state index < -0.39 is 0 Å². The molecule has 0 spiro atoms. The quantitative estimate of drug-likeness (QED) is 0.443. The third-order valence-corrected chi connectivity index (χ3v) is 5.92. The molecular weight excluding hydrogens is 428 g/mol. The van der Waals surface area contributed by atoms with E-state index >= 15 is 0 Å². The predicted octanol–water partition coefficient (Wildman–Crippen LogP) is 4.46. The topological polar surface area (TPSA) is 77.4 Å². The summed E-state index contributed by atoms with van der Waals surface area (Å²) in [6.45, 7) is 4.15. The van der Waals surface area contributed by atoms with E-state index in [9.17, 15) is 4.79 Å². The Labute approximate surface area is 198 Å². The molecule has 1 fully saturated rings. The summed E-state index contributed by atoms with van der Waals surface area (Å²) in [4.78, 5) is 28.3. The van der Waals surface area contributed by atoms with Crippen LogP contribution in [0.1, 0.15) is 21.6 Å². The lowest BCUT2D eigenvalue weighted by Crippen LogP contribution is -2.36. The van der Waals surface area contributed by atoms with Gasteiger partial charge in [0.1, 0.15) is 11.3 Å². The molecule has 1 aliphatic rings. The van der Waals surface area contributed by atoms with E-state index in [4.69, 9.17) is 9.47 Å². The number of aromatic nitrogens is 3. The number of benzene rings is 1. The second kappa shape index (κ2) is 9.97. The average Bonchev–Trinajstić information content (AvgIpc) is 3.11. The molecule has 1 aliphatic heterocycles. The van der Waals surface area contributed by atoms with Gasteiger partial charge in [0.25, 0.3) is 5.91 Å². The summed E-state index contributed by atoms with van der Waals surface area (Å²) in [7, 11) is 0. The van der Waals surface area contributed by atoms with Crippen LogP contribution in [0.5, 0.6) is 11.6 Å². The number of fused-ring (bicyclic) bond motifs is 1. The molecule has 0 aliphatic carbocycles. The van der Waals surface area contributed by atoms with Crippen LogP contribution in [-0.4, -0.2) is 52.1 Å². The molecule has 0 N–H and O–H groups in total. The number of nitrogens with zero attached hydrogens (tertiary/aromatic N) is 4. The van der Waals surface area contributed by atoms with E-state index in [1.54, 1.807) is 30.7 Å². The number of hydrogen-bond donors (Lipinski definition) is 0. The van der Waals surface area contributed by atoms with Crippen molar-refractivity contribution in [1.82, 2.24) is 19.9 Å². The number of ether oxygens (including phenoxy) is 2. The number of pyridine rings is 3. The number of carbonyl (C=O) groups is 1. The lowest BCUT2D eigenvalue weighted by molar-refractivity contribution is 0.0734. The normalized spacial score (nSPS) is 16.3. The minimum atomic E-state index is -0.110. The van der Waals surface area contributed by atoms with Gasteiger partial charge in [-0.05, 0) is 61.4 Å². The van der Waals surface area contributed by atoms with Gasteiger partial charge in [-0.15, -0.1) is 0 Å². The maximum absolute atomic E-state index is 13.5. The fraction of sp³-hybridized carbons (Fsp3) is 0.259. The van der Waals surface area contributed by atoms with Crippen LogP contribution < -0.4 is 4.74 Å². The van der Waals surface area contributed by atoms with Crippen LogP contribution in [0.25, 0.3) is 10.9 Å². The Bertz CT molecular complexity index is 1290. The molecule has 7 nitrogen and oxygen atoms in total. The maximum Gasteiger partial charge on any atom is 0.259 e. The second-order valence-corrected chi connectivity index (χ2v) is 8.52. The smallest absolute Gasteiger partial charge is 0.259 e. The first kappa shape index (κ1) is 22.0. The van der Waals surface area contributed by atoms with Gasteiger partial charge in [-0.3, -0.25) is 14.8 Å². The number of hydrogen-bond acceptors (Lipinski definition) is 6. The molecule has 34 heavy (non-hydrogen) atoms. The summed E-state index contributed by atoms with van der Waals surface area (Å²) in [5, 5.41) is 1.12. The lowest BCUT2D eigenvalue weighted by Gasteiger charge is -2.24. The first-order valence-electron chi connectivity index (χ1n) is 11.4. The van der Waals surface area contributed by atoms with E-state index in [0.29, 0.717) is 37.6 Å². The van der Waals surface area contributed by atoms with Crippen molar-refractivity contribution in [3.63, 3.8) is 0 Å². The molecular formula is C27H26N4O3. The fourth-order valence-electron chi connectivity index (χ4n) is 4.21. The van der Waals surface area contributed by atoms with Crippen LogP contribution in [0.2, 0.25) is 0 Å². The Balaban J connectivity index is 1.33. The summed E-state index contributed by atoms with van der Waals surface area (Å²) < 4.78 is 11.8. The summed E-state index contributed by atoms with van der Waals surface area (Å²) in [6.07, 6.45) is 5.88. The first-order valence-corrected chi connectivity index (χ1v) is 11.4. The molecule has 0 unspecified atom stereocenters. The average molecular weight is 455 g/mol. The minimum absolute atomic E-state index is 0.110. The number of amides is 1. The highest BCUT2D eigenvalue weighted by Gasteiger charge is 2.26. The molecule has 3 aromatic heterocycles. The molecule has 0 saturated carbocycles. The molecule has 1 aromatic carbocycles. The lowest BCUT2D eigenvalue weighted by atomic mass is 9.98. The second-order valence-electron chi connectivity index (χ2n) is 8.52. The molecule has 1 saturated heterocycles. The van der Waals surface area contributed by atoms with Gasteiger partial charge in [0.2, 0.25) is 5.88 Å². The molecule has 4 aromatic rings. The summed E-state index contributed by atoms with van der Waals surface area (Å²) in [5.41, 5.74) is 3.51. The van der Waals surface area contributed by atoms with Crippen LogP contribution in [-0.2, 0) is 11.2 Å². The van der Waals surface area contributed by atoms with Crippen molar-refractivity contribution in [2.75, 3.05) is 26.3 Å². The molecule has 5 rings (SSSR count). The van der Waals surface area contributed by atoms with Crippen molar-refractivity contribution in [2.45, 2.75) is 13.3 Å². The van der Waals surface area contributed by atoms with E-state index in [-0.39, 0.29) is 17.7 Å². The zero-order chi connectivity index (χ0) is 23.3. The minimum Gasteiger partial charge on any atom is -0.437 e. The van der Waals surface area contributed by atoms with Crippen molar-refractivity contribution in [3.05, 3.63) is 90.0 Å². The molecule has 7 heteroatoms. The van der Waals surface area contributed by atoms with E-state index in [2.05, 4.69) is 33.2 Å². The molecule has 0 radical (unpaired) electrons. The van der Waals surface area contributed by atoms with Crippen LogP contribution in [0.15, 0.2) is 73.2 Å². The standard InChI is InChI=1S/C27H26N4O3/c1-19-6-8-23(16-30-19)34-26-24(5-3-11-29-26)27(32)31-12-13-33-18-21(17-31)14-20-7-9-25-22(15-20)4-2-10-28-25/h2-11,15-16,21H,12-14,17-18H2,1H3/t21-/m0/s1. The van der Waals surface area contributed by atoms with Gasteiger partial charge in [-0.1, -0.05) is 12.1 Å². The third-order valence-electron chi connectivity index (χ3n) is 5.92. The summed E-state index contributed by atoms with van der Waals surface area (Å²) in [6, 6.07) is 17.5. The van der Waals surface area contributed by atoms with Crippen molar-refractivity contribution >= 4 is 16.8 Å².